The minimum absolute atomic E-state index is 0.0736. The molecule has 3 aliphatic rings. The minimum atomic E-state index is -2.97. The number of hydrogen-bond donors (Lipinski definition) is 1. The fourth-order valence-corrected chi connectivity index (χ4v) is 3.86. The molecule has 19 heavy (non-hydrogen) atoms. The van der Waals surface area contributed by atoms with E-state index in [-0.39, 0.29) is 25.6 Å². The Balaban J connectivity index is 2.07. The van der Waals surface area contributed by atoms with Crippen LogP contribution in [-0.2, 0) is 14.3 Å². The lowest BCUT2D eigenvalue weighted by Gasteiger charge is -2.54. The van der Waals surface area contributed by atoms with Gasteiger partial charge >= 0.3 is 5.97 Å². The SMILES string of the molecule is CC1OC(=O)C2(C3(O)COC3)CC(F)(F)C(C)CC12. The summed E-state index contributed by atoms with van der Waals surface area (Å²) >= 11 is 0. The van der Waals surface area contributed by atoms with E-state index in [2.05, 4.69) is 0 Å². The van der Waals surface area contributed by atoms with Gasteiger partial charge in [0.2, 0.25) is 0 Å². The van der Waals surface area contributed by atoms with Crippen molar-refractivity contribution in [2.24, 2.45) is 17.3 Å². The summed E-state index contributed by atoms with van der Waals surface area (Å²) in [5.74, 6) is -4.84. The molecular weight excluding hydrogens is 258 g/mol. The van der Waals surface area contributed by atoms with Crippen molar-refractivity contribution in [2.75, 3.05) is 13.2 Å². The van der Waals surface area contributed by atoms with Gasteiger partial charge in [0.15, 0.2) is 0 Å². The van der Waals surface area contributed by atoms with Crippen LogP contribution >= 0.6 is 0 Å². The maximum atomic E-state index is 14.1. The monoisotopic (exact) mass is 276 g/mol. The Morgan fingerprint density at radius 3 is 2.47 bits per heavy atom. The number of halogens is 2. The van der Waals surface area contributed by atoms with Crippen LogP contribution in [0.15, 0.2) is 0 Å². The fourth-order valence-electron chi connectivity index (χ4n) is 3.86. The van der Waals surface area contributed by atoms with Crippen LogP contribution in [0.2, 0.25) is 0 Å². The van der Waals surface area contributed by atoms with Crippen LogP contribution in [0, 0.1) is 17.3 Å². The van der Waals surface area contributed by atoms with Gasteiger partial charge in [0.1, 0.15) is 17.1 Å². The lowest BCUT2D eigenvalue weighted by Crippen LogP contribution is -2.69. The van der Waals surface area contributed by atoms with Crippen molar-refractivity contribution in [1.29, 1.82) is 0 Å². The van der Waals surface area contributed by atoms with Crippen LogP contribution in [-0.4, -0.2) is 41.9 Å². The zero-order valence-corrected chi connectivity index (χ0v) is 11.0. The average Bonchev–Trinajstić information content (AvgIpc) is 2.50. The molecule has 1 saturated carbocycles. The number of alkyl halides is 2. The van der Waals surface area contributed by atoms with Crippen LogP contribution in [0.4, 0.5) is 8.78 Å². The number of hydrogen-bond acceptors (Lipinski definition) is 4. The third-order valence-corrected chi connectivity index (χ3v) is 5.21. The number of ether oxygens (including phenoxy) is 2. The molecule has 0 spiro atoms. The number of cyclic esters (lactones) is 1. The van der Waals surface area contributed by atoms with E-state index in [9.17, 15) is 18.7 Å². The third kappa shape index (κ3) is 1.47. The Morgan fingerprint density at radius 1 is 1.32 bits per heavy atom. The molecule has 3 rings (SSSR count). The molecule has 1 aliphatic carbocycles. The maximum Gasteiger partial charge on any atom is 0.316 e. The third-order valence-electron chi connectivity index (χ3n) is 5.21. The number of aliphatic hydroxyl groups is 1. The second kappa shape index (κ2) is 3.67. The van der Waals surface area contributed by atoms with Gasteiger partial charge in [-0.05, 0) is 13.3 Å². The summed E-state index contributed by atoms with van der Waals surface area (Å²) in [4.78, 5) is 12.2. The van der Waals surface area contributed by atoms with Crippen molar-refractivity contribution in [3.63, 3.8) is 0 Å². The van der Waals surface area contributed by atoms with E-state index in [1.807, 2.05) is 0 Å². The van der Waals surface area contributed by atoms with Gasteiger partial charge in [-0.25, -0.2) is 8.78 Å². The van der Waals surface area contributed by atoms with E-state index in [1.165, 1.54) is 6.92 Å². The highest BCUT2D eigenvalue weighted by molar-refractivity contribution is 5.82. The van der Waals surface area contributed by atoms with Crippen LogP contribution in [0.25, 0.3) is 0 Å². The topological polar surface area (TPSA) is 55.8 Å². The van der Waals surface area contributed by atoms with Gasteiger partial charge < -0.3 is 14.6 Å². The van der Waals surface area contributed by atoms with Crippen LogP contribution < -0.4 is 0 Å². The lowest BCUT2D eigenvalue weighted by molar-refractivity contribution is -0.275. The van der Waals surface area contributed by atoms with Crippen molar-refractivity contribution in [2.45, 2.75) is 44.3 Å². The van der Waals surface area contributed by atoms with Crippen LogP contribution in [0.5, 0.6) is 0 Å². The van der Waals surface area contributed by atoms with E-state index >= 15 is 0 Å². The Kier molecular flexibility index (Phi) is 2.56. The normalized spacial score (nSPS) is 47.2. The lowest BCUT2D eigenvalue weighted by atomic mass is 9.54. The highest BCUT2D eigenvalue weighted by atomic mass is 19.3. The molecule has 6 heteroatoms. The molecule has 4 unspecified atom stereocenters. The quantitative estimate of drug-likeness (QED) is 0.735. The van der Waals surface area contributed by atoms with Crippen molar-refractivity contribution in [3.05, 3.63) is 0 Å². The van der Waals surface area contributed by atoms with E-state index < -0.39 is 41.4 Å². The molecule has 0 aromatic rings. The summed E-state index contributed by atoms with van der Waals surface area (Å²) in [5, 5.41) is 10.5. The average molecular weight is 276 g/mol. The van der Waals surface area contributed by atoms with E-state index in [0.717, 1.165) is 0 Å². The maximum absolute atomic E-state index is 14.1. The summed E-state index contributed by atoms with van der Waals surface area (Å²) in [7, 11) is 0. The van der Waals surface area contributed by atoms with Gasteiger partial charge in [-0.3, -0.25) is 4.79 Å². The number of esters is 1. The Morgan fingerprint density at radius 2 is 1.95 bits per heavy atom. The number of carbonyl (C=O) groups is 1. The molecule has 4 nitrogen and oxygen atoms in total. The molecule has 0 aromatic heterocycles. The molecule has 2 aliphatic heterocycles. The summed E-state index contributed by atoms with van der Waals surface area (Å²) in [6.07, 6.45) is -0.896. The van der Waals surface area contributed by atoms with E-state index in [0.29, 0.717) is 0 Å². The first kappa shape index (κ1) is 13.2. The zero-order chi connectivity index (χ0) is 14.1. The molecule has 1 N–H and O–H groups in total. The van der Waals surface area contributed by atoms with Gasteiger partial charge in [0.25, 0.3) is 5.92 Å². The Hall–Kier alpha value is -0.750. The Labute approximate surface area is 110 Å². The molecule has 0 radical (unpaired) electrons. The number of fused-ring (bicyclic) bond motifs is 1. The van der Waals surface area contributed by atoms with Gasteiger partial charge in [0, 0.05) is 18.3 Å². The van der Waals surface area contributed by atoms with Gasteiger partial charge in [-0.2, -0.15) is 0 Å². The first-order chi connectivity index (χ1) is 8.73. The molecule has 2 heterocycles. The highest BCUT2D eigenvalue weighted by Gasteiger charge is 2.74. The van der Waals surface area contributed by atoms with Gasteiger partial charge in [0.05, 0.1) is 13.2 Å². The molecular formula is C13H18F2O4. The largest absolute Gasteiger partial charge is 0.462 e. The predicted molar refractivity (Wildman–Crippen MR) is 60.6 cm³/mol. The van der Waals surface area contributed by atoms with Crippen molar-refractivity contribution in [1.82, 2.24) is 0 Å². The van der Waals surface area contributed by atoms with Crippen LogP contribution in [0.3, 0.4) is 0 Å². The second-order valence-corrected chi connectivity index (χ2v) is 6.29. The molecule has 3 fully saturated rings. The predicted octanol–water partition coefficient (Wildman–Crippen LogP) is 1.36. The molecule has 0 bridgehead atoms. The minimum Gasteiger partial charge on any atom is -0.462 e. The number of rotatable bonds is 1. The smallest absolute Gasteiger partial charge is 0.316 e. The van der Waals surface area contributed by atoms with E-state index in [4.69, 9.17) is 9.47 Å². The standard InChI is InChI=1S/C13H18F2O4/c1-7-3-9-8(2)19-10(16)12(9,4-13(7,14)15)11(17)5-18-6-11/h7-9,17H,3-6H2,1-2H3. The summed E-state index contributed by atoms with van der Waals surface area (Å²) < 4.78 is 38.4. The molecule has 108 valence electrons. The van der Waals surface area contributed by atoms with Crippen molar-refractivity contribution >= 4 is 5.97 Å². The van der Waals surface area contributed by atoms with Crippen LogP contribution in [0.1, 0.15) is 26.7 Å². The van der Waals surface area contributed by atoms with Gasteiger partial charge in [-0.15, -0.1) is 0 Å². The van der Waals surface area contributed by atoms with Crippen molar-refractivity contribution in [3.8, 4) is 0 Å². The Bertz CT molecular complexity index is 421. The van der Waals surface area contributed by atoms with Gasteiger partial charge in [-0.1, -0.05) is 6.92 Å². The van der Waals surface area contributed by atoms with E-state index in [1.54, 1.807) is 6.92 Å². The molecule has 0 aromatic carbocycles. The fraction of sp³-hybridized carbons (Fsp3) is 0.923. The summed E-state index contributed by atoms with van der Waals surface area (Å²) in [6, 6.07) is 0. The highest BCUT2D eigenvalue weighted by Crippen LogP contribution is 2.62. The first-order valence-electron chi connectivity index (χ1n) is 6.62. The molecule has 4 atom stereocenters. The second-order valence-electron chi connectivity index (χ2n) is 6.29. The molecule has 2 saturated heterocycles. The summed E-state index contributed by atoms with van der Waals surface area (Å²) in [5.41, 5.74) is -3.02. The number of carbonyl (C=O) groups excluding carboxylic acids is 1. The van der Waals surface area contributed by atoms with Crippen molar-refractivity contribution < 1.29 is 28.2 Å². The molecule has 0 amide bonds. The first-order valence-corrected chi connectivity index (χ1v) is 6.62. The zero-order valence-electron chi connectivity index (χ0n) is 11.0. The summed E-state index contributed by atoms with van der Waals surface area (Å²) in [6.45, 7) is 3.05.